The van der Waals surface area contributed by atoms with Crippen LogP contribution in [0.1, 0.15) is 70.9 Å². The summed E-state index contributed by atoms with van der Waals surface area (Å²) in [4.78, 5) is 12.9. The van der Waals surface area contributed by atoms with Gasteiger partial charge in [-0.3, -0.25) is 4.79 Å². The molecule has 1 aromatic carbocycles. The van der Waals surface area contributed by atoms with Gasteiger partial charge in [-0.2, -0.15) is 0 Å². The molecule has 0 heterocycles. The number of carbonyl (C=O) groups is 1. The van der Waals surface area contributed by atoms with E-state index in [1.54, 1.807) is 6.07 Å². The van der Waals surface area contributed by atoms with E-state index in [2.05, 4.69) is 46.8 Å². The summed E-state index contributed by atoms with van der Waals surface area (Å²) in [6.07, 6.45) is 10.8. The van der Waals surface area contributed by atoms with Crippen molar-refractivity contribution in [2.75, 3.05) is 0 Å². The van der Waals surface area contributed by atoms with Crippen LogP contribution in [0.5, 0.6) is 5.75 Å². The van der Waals surface area contributed by atoms with E-state index in [-0.39, 0.29) is 11.3 Å². The summed E-state index contributed by atoms with van der Waals surface area (Å²) < 4.78 is 0. The topological polar surface area (TPSA) is 37.3 Å². The molecule has 0 radical (unpaired) electrons. The highest BCUT2D eigenvalue weighted by molar-refractivity contribution is 5.82. The molecule has 0 spiro atoms. The van der Waals surface area contributed by atoms with Crippen molar-refractivity contribution in [3.05, 3.63) is 41.5 Å². The van der Waals surface area contributed by atoms with Gasteiger partial charge >= 0.3 is 0 Å². The largest absolute Gasteiger partial charge is 0.508 e. The van der Waals surface area contributed by atoms with Gasteiger partial charge in [0.2, 0.25) is 0 Å². The zero-order chi connectivity index (χ0) is 20.5. The Bertz CT molecular complexity index is 732. The molecule has 5 atom stereocenters. The predicted molar refractivity (Wildman–Crippen MR) is 116 cm³/mol. The van der Waals surface area contributed by atoms with E-state index in [4.69, 9.17) is 0 Å². The number of phenolic OH excluding ortho intramolecular Hbond substituents is 1. The number of hydrogen-bond donors (Lipinski definition) is 1. The van der Waals surface area contributed by atoms with Crippen molar-refractivity contribution in [3.8, 4) is 5.75 Å². The molecule has 0 amide bonds. The smallest absolute Gasteiger partial charge is 0.136 e. The fourth-order valence-corrected chi connectivity index (χ4v) is 6.12. The molecule has 0 aliphatic heterocycles. The molecular weight excluding hydrogens is 344 g/mol. The molecule has 2 aliphatic carbocycles. The van der Waals surface area contributed by atoms with Crippen molar-refractivity contribution in [3.63, 3.8) is 0 Å². The van der Waals surface area contributed by atoms with Gasteiger partial charge in [-0.15, -0.1) is 0 Å². The lowest BCUT2D eigenvalue weighted by Gasteiger charge is -2.46. The minimum Gasteiger partial charge on any atom is -0.508 e. The number of aryl methyl sites for hydroxylation is 2. The maximum atomic E-state index is 12.9. The molecule has 2 fully saturated rings. The number of aromatic hydroxyl groups is 1. The van der Waals surface area contributed by atoms with Crippen LogP contribution in [0.25, 0.3) is 0 Å². The number of rotatable bonds is 6. The molecule has 28 heavy (non-hydrogen) atoms. The number of Topliss-reactive ketones (excluding diaryl/α,β-unsaturated/α-hetero) is 1. The quantitative estimate of drug-likeness (QED) is 0.571. The Labute approximate surface area is 171 Å². The Kier molecular flexibility index (Phi) is 6.37. The van der Waals surface area contributed by atoms with Crippen LogP contribution in [0.4, 0.5) is 0 Å². The summed E-state index contributed by atoms with van der Waals surface area (Å²) in [5.41, 5.74) is 2.68. The summed E-state index contributed by atoms with van der Waals surface area (Å²) >= 11 is 0. The van der Waals surface area contributed by atoms with Gasteiger partial charge in [-0.05, 0) is 91.4 Å². The second-order valence-electron chi connectivity index (χ2n) is 10.0. The average molecular weight is 383 g/mol. The second-order valence-corrected chi connectivity index (χ2v) is 10.0. The summed E-state index contributed by atoms with van der Waals surface area (Å²) in [6, 6.07) is 5.60. The minimum atomic E-state index is 0.187. The van der Waals surface area contributed by atoms with Crippen LogP contribution < -0.4 is 0 Å². The molecule has 0 bridgehead atoms. The normalized spacial score (nSPS) is 31.5. The van der Waals surface area contributed by atoms with E-state index in [1.807, 2.05) is 12.1 Å². The van der Waals surface area contributed by atoms with E-state index in [9.17, 15) is 9.90 Å². The predicted octanol–water partition coefficient (Wildman–Crippen LogP) is 6.49. The fourth-order valence-electron chi connectivity index (χ4n) is 6.12. The van der Waals surface area contributed by atoms with Crippen LogP contribution in [0.3, 0.4) is 0 Å². The number of allylic oxidation sites excluding steroid dienone is 2. The fraction of sp³-hybridized carbons (Fsp3) is 0.654. The van der Waals surface area contributed by atoms with Gasteiger partial charge in [0.05, 0.1) is 0 Å². The van der Waals surface area contributed by atoms with Gasteiger partial charge < -0.3 is 5.11 Å². The van der Waals surface area contributed by atoms with Gasteiger partial charge in [0.15, 0.2) is 0 Å². The maximum absolute atomic E-state index is 12.9. The first kappa shape index (κ1) is 21.1. The first-order valence-corrected chi connectivity index (χ1v) is 11.2. The Morgan fingerprint density at radius 3 is 2.68 bits per heavy atom. The SMILES string of the molecule is Cc1ccc(O)cc1CC[C@@H]1C(=O)CC[C@]2(C)[C@@H]([C@H](C)/C=C/C(C)C)CC[C@@H]12. The lowest BCUT2D eigenvalue weighted by atomic mass is 9.58. The molecule has 0 aromatic heterocycles. The Hall–Kier alpha value is -1.57. The zero-order valence-corrected chi connectivity index (χ0v) is 18.4. The molecule has 2 heteroatoms. The van der Waals surface area contributed by atoms with E-state index in [0.29, 0.717) is 35.2 Å². The van der Waals surface area contributed by atoms with Crippen LogP contribution in [0.2, 0.25) is 0 Å². The molecule has 154 valence electrons. The molecular formula is C26H38O2. The standard InChI is InChI=1S/C26H38O2/c1-17(2)6-7-19(4)23-12-13-24-22(25(28)14-15-26(23,24)5)11-9-20-16-21(27)10-8-18(20)3/h6-8,10,16-17,19,22-24,27H,9,11-15H2,1-5H3/b7-6+/t19-,22+,23-,24+,26-/m1/s1. The van der Waals surface area contributed by atoms with Crippen LogP contribution in [-0.2, 0) is 11.2 Å². The first-order valence-electron chi connectivity index (χ1n) is 11.2. The van der Waals surface area contributed by atoms with Gasteiger partial charge in [-0.1, -0.05) is 45.9 Å². The highest BCUT2D eigenvalue weighted by atomic mass is 16.3. The van der Waals surface area contributed by atoms with Crippen molar-refractivity contribution in [1.29, 1.82) is 0 Å². The van der Waals surface area contributed by atoms with Crippen molar-refractivity contribution >= 4 is 5.78 Å². The van der Waals surface area contributed by atoms with Crippen molar-refractivity contribution < 1.29 is 9.90 Å². The monoisotopic (exact) mass is 382 g/mol. The molecule has 1 aromatic rings. The van der Waals surface area contributed by atoms with E-state index >= 15 is 0 Å². The molecule has 2 nitrogen and oxygen atoms in total. The van der Waals surface area contributed by atoms with Crippen molar-refractivity contribution in [1.82, 2.24) is 0 Å². The number of ketones is 1. The molecule has 2 saturated carbocycles. The molecule has 1 N–H and O–H groups in total. The maximum Gasteiger partial charge on any atom is 0.136 e. The number of benzene rings is 1. The Morgan fingerprint density at radius 2 is 1.96 bits per heavy atom. The van der Waals surface area contributed by atoms with Crippen molar-refractivity contribution in [2.24, 2.45) is 35.0 Å². The van der Waals surface area contributed by atoms with Gasteiger partial charge in [0.25, 0.3) is 0 Å². The van der Waals surface area contributed by atoms with Crippen molar-refractivity contribution in [2.45, 2.75) is 73.1 Å². The van der Waals surface area contributed by atoms with Crippen LogP contribution >= 0.6 is 0 Å². The third kappa shape index (κ3) is 4.21. The van der Waals surface area contributed by atoms with Gasteiger partial charge in [0.1, 0.15) is 11.5 Å². The molecule has 2 aliphatic rings. The number of carbonyl (C=O) groups excluding carboxylic acids is 1. The lowest BCUT2D eigenvalue weighted by Crippen LogP contribution is -2.43. The van der Waals surface area contributed by atoms with Crippen LogP contribution in [0.15, 0.2) is 30.4 Å². The van der Waals surface area contributed by atoms with Crippen LogP contribution in [-0.4, -0.2) is 10.9 Å². The first-order chi connectivity index (χ1) is 13.2. The Balaban J connectivity index is 1.75. The average Bonchev–Trinajstić information content (AvgIpc) is 2.99. The molecule has 0 unspecified atom stereocenters. The zero-order valence-electron chi connectivity index (χ0n) is 18.4. The molecule has 3 rings (SSSR count). The summed E-state index contributed by atoms with van der Waals surface area (Å²) in [6.45, 7) is 11.4. The summed E-state index contributed by atoms with van der Waals surface area (Å²) in [5.74, 6) is 3.38. The highest BCUT2D eigenvalue weighted by Gasteiger charge is 2.54. The third-order valence-corrected chi connectivity index (χ3v) is 7.78. The minimum absolute atomic E-state index is 0.187. The number of fused-ring (bicyclic) bond motifs is 1. The highest BCUT2D eigenvalue weighted by Crippen LogP contribution is 2.59. The summed E-state index contributed by atoms with van der Waals surface area (Å²) in [5, 5.41) is 9.83. The second kappa shape index (κ2) is 8.43. The number of hydrogen-bond acceptors (Lipinski definition) is 2. The number of phenols is 1. The molecule has 0 saturated heterocycles. The van der Waals surface area contributed by atoms with E-state index in [1.165, 1.54) is 24.0 Å². The third-order valence-electron chi connectivity index (χ3n) is 7.78. The van der Waals surface area contributed by atoms with Gasteiger partial charge in [0, 0.05) is 12.3 Å². The lowest BCUT2D eigenvalue weighted by molar-refractivity contribution is -0.132. The van der Waals surface area contributed by atoms with E-state index in [0.717, 1.165) is 25.7 Å². The van der Waals surface area contributed by atoms with Gasteiger partial charge in [-0.25, -0.2) is 0 Å². The Morgan fingerprint density at radius 1 is 1.21 bits per heavy atom. The van der Waals surface area contributed by atoms with Crippen LogP contribution in [0, 0.1) is 41.9 Å². The summed E-state index contributed by atoms with van der Waals surface area (Å²) in [7, 11) is 0. The van der Waals surface area contributed by atoms with E-state index < -0.39 is 0 Å².